The molecule has 0 aliphatic carbocycles. The van der Waals surface area contributed by atoms with Gasteiger partial charge in [0.25, 0.3) is 5.91 Å². The molecule has 5 heteroatoms. The maximum Gasteiger partial charge on any atom is 0.265 e. The number of carbonyl (C=O) groups excluding carboxylic acids is 1. The maximum atomic E-state index is 12.4. The van der Waals surface area contributed by atoms with Gasteiger partial charge in [0.05, 0.1) is 0 Å². The lowest BCUT2D eigenvalue weighted by molar-refractivity contribution is -0.128. The summed E-state index contributed by atoms with van der Waals surface area (Å²) in [4.78, 5) is 18.4. The van der Waals surface area contributed by atoms with Crippen LogP contribution in [0.1, 0.15) is 26.7 Å². The molecule has 0 bridgehead atoms. The average Bonchev–Trinajstić information content (AvgIpc) is 2.48. The second kappa shape index (κ2) is 7.91. The molecule has 0 aromatic heterocycles. The molecule has 0 N–H and O–H groups in total. The highest BCUT2D eigenvalue weighted by atomic mass is 16.2. The van der Waals surface area contributed by atoms with Gasteiger partial charge in [-0.1, -0.05) is 0 Å². The Balaban J connectivity index is 2.73. The number of hydrogen-bond acceptors (Lipinski definition) is 4. The van der Waals surface area contributed by atoms with Crippen molar-refractivity contribution in [3.05, 3.63) is 11.8 Å². The van der Waals surface area contributed by atoms with Gasteiger partial charge in [-0.2, -0.15) is 5.26 Å². The highest BCUT2D eigenvalue weighted by molar-refractivity contribution is 5.97. The molecule has 1 aliphatic heterocycles. The van der Waals surface area contributed by atoms with Crippen LogP contribution in [0.15, 0.2) is 11.8 Å². The second-order valence-corrected chi connectivity index (χ2v) is 5.33. The van der Waals surface area contributed by atoms with Gasteiger partial charge in [0, 0.05) is 32.4 Å². The van der Waals surface area contributed by atoms with Gasteiger partial charge in [-0.15, -0.1) is 0 Å². The fourth-order valence-corrected chi connectivity index (χ4v) is 2.46. The van der Waals surface area contributed by atoms with Crippen LogP contribution in [-0.2, 0) is 4.79 Å². The van der Waals surface area contributed by atoms with E-state index in [1.807, 2.05) is 31.9 Å². The lowest BCUT2D eigenvalue weighted by atomic mass is 10.0. The number of piperidine rings is 1. The first-order valence-electron chi connectivity index (χ1n) is 7.35. The standard InChI is InChI=1S/C15H26N4O/c1-5-19(6-2)12-13(11-16)15(20)18(4)14-7-9-17(3)10-8-14/h12,14H,5-10H2,1-4H3/b13-12-. The number of likely N-dealkylation sites (tertiary alicyclic amines) is 1. The molecule has 0 aromatic carbocycles. The van der Waals surface area contributed by atoms with Crippen molar-refractivity contribution in [1.29, 1.82) is 5.26 Å². The number of hydrogen-bond donors (Lipinski definition) is 0. The summed E-state index contributed by atoms with van der Waals surface area (Å²) in [6.45, 7) is 7.63. The third-order valence-corrected chi connectivity index (χ3v) is 4.03. The molecular weight excluding hydrogens is 252 g/mol. The maximum absolute atomic E-state index is 12.4. The lowest BCUT2D eigenvalue weighted by Crippen LogP contribution is -2.45. The van der Waals surface area contributed by atoms with Gasteiger partial charge in [-0.25, -0.2) is 0 Å². The quantitative estimate of drug-likeness (QED) is 0.562. The van der Waals surface area contributed by atoms with Crippen molar-refractivity contribution in [2.24, 2.45) is 0 Å². The predicted molar refractivity (Wildman–Crippen MR) is 79.9 cm³/mol. The molecule has 0 unspecified atom stereocenters. The van der Waals surface area contributed by atoms with Gasteiger partial charge >= 0.3 is 0 Å². The molecule has 1 saturated heterocycles. The van der Waals surface area contributed by atoms with Crippen LogP contribution in [0.3, 0.4) is 0 Å². The number of carbonyl (C=O) groups is 1. The van der Waals surface area contributed by atoms with E-state index in [2.05, 4.69) is 11.9 Å². The molecule has 112 valence electrons. The Morgan fingerprint density at radius 2 is 1.90 bits per heavy atom. The van der Waals surface area contributed by atoms with Crippen LogP contribution in [0, 0.1) is 11.3 Å². The summed E-state index contributed by atoms with van der Waals surface area (Å²) in [6.07, 6.45) is 3.64. The number of likely N-dealkylation sites (N-methyl/N-ethyl adjacent to an activating group) is 1. The molecule has 1 amide bonds. The molecule has 0 saturated carbocycles. The van der Waals surface area contributed by atoms with E-state index in [-0.39, 0.29) is 17.5 Å². The van der Waals surface area contributed by atoms with E-state index < -0.39 is 0 Å². The van der Waals surface area contributed by atoms with Gasteiger partial charge in [0.15, 0.2) is 0 Å². The molecular formula is C15H26N4O. The third-order valence-electron chi connectivity index (χ3n) is 4.03. The van der Waals surface area contributed by atoms with Crippen LogP contribution in [0.2, 0.25) is 0 Å². The highest BCUT2D eigenvalue weighted by Gasteiger charge is 2.26. The fourth-order valence-electron chi connectivity index (χ4n) is 2.46. The smallest absolute Gasteiger partial charge is 0.265 e. The van der Waals surface area contributed by atoms with Gasteiger partial charge in [-0.05, 0) is 46.8 Å². The largest absolute Gasteiger partial charge is 0.377 e. The zero-order valence-electron chi connectivity index (χ0n) is 13.1. The van der Waals surface area contributed by atoms with E-state index in [1.54, 1.807) is 11.1 Å². The first-order chi connectivity index (χ1) is 9.53. The van der Waals surface area contributed by atoms with E-state index >= 15 is 0 Å². The molecule has 1 aliphatic rings. The van der Waals surface area contributed by atoms with E-state index in [4.69, 9.17) is 0 Å². The number of amides is 1. The molecule has 5 nitrogen and oxygen atoms in total. The van der Waals surface area contributed by atoms with Crippen LogP contribution >= 0.6 is 0 Å². The van der Waals surface area contributed by atoms with Crippen molar-refractivity contribution in [1.82, 2.24) is 14.7 Å². The zero-order valence-corrected chi connectivity index (χ0v) is 13.1. The van der Waals surface area contributed by atoms with Crippen molar-refractivity contribution in [2.75, 3.05) is 40.3 Å². The lowest BCUT2D eigenvalue weighted by Gasteiger charge is -2.35. The predicted octanol–water partition coefficient (Wildman–Crippen LogP) is 1.29. The zero-order chi connectivity index (χ0) is 15.1. The summed E-state index contributed by atoms with van der Waals surface area (Å²) in [7, 11) is 3.91. The SMILES string of the molecule is CCN(/C=C(/C#N)C(=O)N(C)C1CCN(C)CC1)CC. The minimum absolute atomic E-state index is 0.158. The van der Waals surface area contributed by atoms with Crippen molar-refractivity contribution < 1.29 is 4.79 Å². The Morgan fingerprint density at radius 3 is 2.35 bits per heavy atom. The summed E-state index contributed by atoms with van der Waals surface area (Å²) < 4.78 is 0. The molecule has 1 rings (SSSR count). The van der Waals surface area contributed by atoms with Crippen LogP contribution in [0.4, 0.5) is 0 Å². The molecule has 1 fully saturated rings. The number of rotatable bonds is 5. The van der Waals surface area contributed by atoms with Gasteiger partial charge in [0.1, 0.15) is 11.6 Å². The Labute approximate surface area is 122 Å². The van der Waals surface area contributed by atoms with Crippen molar-refractivity contribution >= 4 is 5.91 Å². The molecule has 0 radical (unpaired) electrons. The normalized spacial score (nSPS) is 17.6. The van der Waals surface area contributed by atoms with Crippen molar-refractivity contribution in [3.63, 3.8) is 0 Å². The van der Waals surface area contributed by atoms with Gasteiger partial charge < -0.3 is 14.7 Å². The summed E-state index contributed by atoms with van der Waals surface area (Å²) >= 11 is 0. The summed E-state index contributed by atoms with van der Waals surface area (Å²) in [5.41, 5.74) is 0.232. The van der Waals surface area contributed by atoms with E-state index in [9.17, 15) is 10.1 Å². The molecule has 1 heterocycles. The van der Waals surface area contributed by atoms with Crippen molar-refractivity contribution in [3.8, 4) is 6.07 Å². The minimum atomic E-state index is -0.158. The fraction of sp³-hybridized carbons (Fsp3) is 0.733. The first kappa shape index (κ1) is 16.5. The molecule has 0 atom stereocenters. The van der Waals surface area contributed by atoms with Crippen LogP contribution < -0.4 is 0 Å². The molecule has 0 spiro atoms. The Bertz CT molecular complexity index is 387. The molecule has 20 heavy (non-hydrogen) atoms. The van der Waals surface area contributed by atoms with Crippen LogP contribution in [0.5, 0.6) is 0 Å². The monoisotopic (exact) mass is 278 g/mol. The summed E-state index contributed by atoms with van der Waals surface area (Å²) in [6, 6.07) is 2.29. The topological polar surface area (TPSA) is 50.6 Å². The Kier molecular flexibility index (Phi) is 6.53. The van der Waals surface area contributed by atoms with Crippen LogP contribution in [-0.4, -0.2) is 66.9 Å². The van der Waals surface area contributed by atoms with Gasteiger partial charge in [-0.3, -0.25) is 4.79 Å². The summed E-state index contributed by atoms with van der Waals surface area (Å²) in [5, 5.41) is 9.23. The number of nitriles is 1. The third kappa shape index (κ3) is 4.24. The summed E-state index contributed by atoms with van der Waals surface area (Å²) in [5.74, 6) is -0.158. The average molecular weight is 278 g/mol. The second-order valence-electron chi connectivity index (χ2n) is 5.33. The van der Waals surface area contributed by atoms with E-state index in [0.717, 1.165) is 39.0 Å². The van der Waals surface area contributed by atoms with Crippen LogP contribution in [0.25, 0.3) is 0 Å². The van der Waals surface area contributed by atoms with E-state index in [1.165, 1.54) is 0 Å². The Hall–Kier alpha value is -1.54. The van der Waals surface area contributed by atoms with Crippen molar-refractivity contribution in [2.45, 2.75) is 32.7 Å². The van der Waals surface area contributed by atoms with Gasteiger partial charge in [0.2, 0.25) is 0 Å². The molecule has 0 aromatic rings. The number of nitrogens with zero attached hydrogens (tertiary/aromatic N) is 4. The Morgan fingerprint density at radius 1 is 1.35 bits per heavy atom. The minimum Gasteiger partial charge on any atom is -0.377 e. The van der Waals surface area contributed by atoms with E-state index in [0.29, 0.717) is 0 Å². The highest BCUT2D eigenvalue weighted by Crippen LogP contribution is 2.16. The first-order valence-corrected chi connectivity index (χ1v) is 7.35.